The second kappa shape index (κ2) is 8.39. The van der Waals surface area contributed by atoms with Crippen LogP contribution in [0.1, 0.15) is 24.8 Å². The predicted molar refractivity (Wildman–Crippen MR) is 105 cm³/mol. The van der Waals surface area contributed by atoms with E-state index in [4.69, 9.17) is 4.74 Å². The number of rotatable bonds is 6. The van der Waals surface area contributed by atoms with E-state index in [9.17, 15) is 9.90 Å². The van der Waals surface area contributed by atoms with E-state index < -0.39 is 6.10 Å². The Bertz CT molecular complexity index is 928. The molecule has 0 unspecified atom stereocenters. The zero-order valence-electron chi connectivity index (χ0n) is 15.6. The number of likely N-dealkylation sites (tertiary alicyclic amines) is 1. The lowest BCUT2D eigenvalue weighted by Gasteiger charge is -2.36. The number of β-amino-alcohol motifs (C(OH)–C–C–N with tert-alkyl or cyclic N) is 1. The molecule has 4 rings (SSSR count). The van der Waals surface area contributed by atoms with E-state index in [0.717, 1.165) is 29.3 Å². The number of aliphatic hydroxyl groups is 1. The lowest BCUT2D eigenvalue weighted by Crippen LogP contribution is -2.51. The van der Waals surface area contributed by atoms with Crippen LogP contribution in [-0.2, 0) is 11.2 Å². The number of aromatic amines is 1. The first kappa shape index (κ1) is 18.4. The Morgan fingerprint density at radius 3 is 3.11 bits per heavy atom. The van der Waals surface area contributed by atoms with Crippen molar-refractivity contribution < 1.29 is 14.6 Å². The van der Waals surface area contributed by atoms with Crippen LogP contribution in [0.2, 0.25) is 0 Å². The normalized spacial score (nSPS) is 19.7. The number of aliphatic hydroxyl groups excluding tert-OH is 1. The number of fused-ring (bicyclic) bond motifs is 1. The molecule has 1 aliphatic rings. The number of H-pyrrole nitrogens is 1. The van der Waals surface area contributed by atoms with E-state index in [0.29, 0.717) is 31.7 Å². The van der Waals surface area contributed by atoms with Crippen LogP contribution in [0.4, 0.5) is 0 Å². The minimum Gasteiger partial charge on any atom is -0.488 e. The highest BCUT2D eigenvalue weighted by Crippen LogP contribution is 2.23. The number of aromatic nitrogens is 3. The van der Waals surface area contributed by atoms with Gasteiger partial charge in [0.1, 0.15) is 18.0 Å². The Morgan fingerprint density at radius 2 is 2.29 bits per heavy atom. The maximum atomic E-state index is 12.4. The molecule has 28 heavy (non-hydrogen) atoms. The minimum absolute atomic E-state index is 0.0795. The summed E-state index contributed by atoms with van der Waals surface area (Å²) in [4.78, 5) is 18.5. The zero-order valence-corrected chi connectivity index (χ0v) is 15.6. The topological polar surface area (TPSA) is 91.3 Å². The highest BCUT2D eigenvalue weighted by molar-refractivity contribution is 5.79. The fraction of sp³-hybridized carbons (Fsp3) is 0.381. The first-order chi connectivity index (χ1) is 13.7. The fourth-order valence-corrected chi connectivity index (χ4v) is 3.58. The van der Waals surface area contributed by atoms with Crippen molar-refractivity contribution in [1.29, 1.82) is 0 Å². The van der Waals surface area contributed by atoms with Gasteiger partial charge in [-0.3, -0.25) is 14.9 Å². The van der Waals surface area contributed by atoms with Gasteiger partial charge >= 0.3 is 0 Å². The van der Waals surface area contributed by atoms with Gasteiger partial charge in [0.2, 0.25) is 5.91 Å². The molecule has 146 valence electrons. The summed E-state index contributed by atoms with van der Waals surface area (Å²) in [6.07, 6.45) is 7.02. The third-order valence-corrected chi connectivity index (χ3v) is 5.15. The van der Waals surface area contributed by atoms with Crippen LogP contribution in [0.25, 0.3) is 10.9 Å². The van der Waals surface area contributed by atoms with E-state index in [1.165, 1.54) is 0 Å². The van der Waals surface area contributed by atoms with Gasteiger partial charge in [0.05, 0.1) is 18.3 Å². The molecule has 0 saturated carbocycles. The largest absolute Gasteiger partial charge is 0.488 e. The van der Waals surface area contributed by atoms with Crippen molar-refractivity contribution in [3.05, 3.63) is 54.5 Å². The standard InChI is InChI=1S/C21H24N4O3/c26-19-14-25(21(27)5-1-3-15-12-23-24-13-15)10-8-20(19)28-17-7-6-16-4-2-9-22-18(16)11-17/h2,4,6-7,9,11-13,19-20,26H,1,3,5,8,10,14H2,(H,23,24)/t19-,20-/m1/s1. The molecule has 3 heterocycles. The van der Waals surface area contributed by atoms with Crippen LogP contribution < -0.4 is 4.74 Å². The first-order valence-electron chi connectivity index (χ1n) is 9.64. The number of carbonyl (C=O) groups is 1. The number of aryl methyl sites for hydroxylation is 1. The molecule has 7 nitrogen and oxygen atoms in total. The summed E-state index contributed by atoms with van der Waals surface area (Å²) in [6.45, 7) is 0.902. The summed E-state index contributed by atoms with van der Waals surface area (Å²) in [5.74, 6) is 0.769. The van der Waals surface area contributed by atoms with Crippen LogP contribution in [0, 0.1) is 0 Å². The fourth-order valence-electron chi connectivity index (χ4n) is 3.58. The Kier molecular flexibility index (Phi) is 5.53. The van der Waals surface area contributed by atoms with E-state index >= 15 is 0 Å². The molecule has 2 aromatic heterocycles. The Labute approximate surface area is 163 Å². The lowest BCUT2D eigenvalue weighted by molar-refractivity contribution is -0.137. The molecule has 0 spiro atoms. The van der Waals surface area contributed by atoms with Crippen LogP contribution in [0.15, 0.2) is 48.9 Å². The summed E-state index contributed by atoms with van der Waals surface area (Å²) in [5.41, 5.74) is 1.96. The van der Waals surface area contributed by atoms with Crippen molar-refractivity contribution in [2.24, 2.45) is 0 Å². The molecule has 1 aromatic carbocycles. The molecule has 1 aliphatic heterocycles. The van der Waals surface area contributed by atoms with Gasteiger partial charge in [-0.2, -0.15) is 5.10 Å². The molecule has 1 fully saturated rings. The van der Waals surface area contributed by atoms with Gasteiger partial charge in [0, 0.05) is 43.2 Å². The highest BCUT2D eigenvalue weighted by atomic mass is 16.5. The van der Waals surface area contributed by atoms with E-state index in [2.05, 4.69) is 15.2 Å². The summed E-state index contributed by atoms with van der Waals surface area (Å²) in [5, 5.41) is 18.2. The third-order valence-electron chi connectivity index (χ3n) is 5.15. The van der Waals surface area contributed by atoms with Crippen molar-refractivity contribution in [3.8, 4) is 5.75 Å². The van der Waals surface area contributed by atoms with E-state index in [-0.39, 0.29) is 12.0 Å². The van der Waals surface area contributed by atoms with Gasteiger partial charge in [-0.1, -0.05) is 6.07 Å². The molecule has 0 radical (unpaired) electrons. The van der Waals surface area contributed by atoms with Crippen molar-refractivity contribution >= 4 is 16.8 Å². The van der Waals surface area contributed by atoms with Gasteiger partial charge in [0.25, 0.3) is 0 Å². The maximum absolute atomic E-state index is 12.4. The Morgan fingerprint density at radius 1 is 1.36 bits per heavy atom. The second-order valence-corrected chi connectivity index (χ2v) is 7.17. The van der Waals surface area contributed by atoms with Crippen LogP contribution in [-0.4, -0.2) is 56.4 Å². The quantitative estimate of drug-likeness (QED) is 0.685. The lowest BCUT2D eigenvalue weighted by atomic mass is 10.0. The summed E-state index contributed by atoms with van der Waals surface area (Å²) in [6, 6.07) is 9.63. The third kappa shape index (κ3) is 4.31. The molecule has 1 saturated heterocycles. The molecule has 0 aliphatic carbocycles. The molecular weight excluding hydrogens is 356 g/mol. The monoisotopic (exact) mass is 380 g/mol. The van der Waals surface area contributed by atoms with Crippen molar-refractivity contribution in [3.63, 3.8) is 0 Å². The first-order valence-corrected chi connectivity index (χ1v) is 9.64. The van der Waals surface area contributed by atoms with Crippen molar-refractivity contribution in [2.45, 2.75) is 37.9 Å². The molecule has 3 aromatic rings. The van der Waals surface area contributed by atoms with E-state index in [1.807, 2.05) is 36.5 Å². The molecule has 7 heteroatoms. The number of ether oxygens (including phenoxy) is 1. The Balaban J connectivity index is 1.28. The minimum atomic E-state index is -0.703. The SMILES string of the molecule is O=C(CCCc1cn[nH]c1)N1CC[C@@H](Oc2ccc3cccnc3c2)[C@H](O)C1. The highest BCUT2D eigenvalue weighted by Gasteiger charge is 2.31. The maximum Gasteiger partial charge on any atom is 0.222 e. The zero-order chi connectivity index (χ0) is 19.3. The van der Waals surface area contributed by atoms with Gasteiger partial charge < -0.3 is 14.7 Å². The molecule has 1 amide bonds. The van der Waals surface area contributed by atoms with Crippen LogP contribution >= 0.6 is 0 Å². The van der Waals surface area contributed by atoms with Gasteiger partial charge in [-0.15, -0.1) is 0 Å². The summed E-state index contributed by atoms with van der Waals surface area (Å²) in [7, 11) is 0. The average molecular weight is 380 g/mol. The molecule has 0 bridgehead atoms. The second-order valence-electron chi connectivity index (χ2n) is 7.17. The number of hydrogen-bond acceptors (Lipinski definition) is 5. The number of carbonyl (C=O) groups excluding carboxylic acids is 1. The van der Waals surface area contributed by atoms with Gasteiger partial charge in [-0.05, 0) is 36.6 Å². The van der Waals surface area contributed by atoms with Crippen LogP contribution in [0.3, 0.4) is 0 Å². The number of hydrogen-bond donors (Lipinski definition) is 2. The smallest absolute Gasteiger partial charge is 0.222 e. The summed E-state index contributed by atoms with van der Waals surface area (Å²) < 4.78 is 6.00. The van der Waals surface area contributed by atoms with Crippen LogP contribution in [0.5, 0.6) is 5.75 Å². The number of pyridine rings is 1. The van der Waals surface area contributed by atoms with Gasteiger partial charge in [0.15, 0.2) is 0 Å². The number of nitrogens with zero attached hydrogens (tertiary/aromatic N) is 3. The van der Waals surface area contributed by atoms with Gasteiger partial charge in [-0.25, -0.2) is 0 Å². The van der Waals surface area contributed by atoms with E-state index in [1.54, 1.807) is 17.3 Å². The number of benzene rings is 1. The summed E-state index contributed by atoms with van der Waals surface area (Å²) >= 11 is 0. The average Bonchev–Trinajstić information content (AvgIpc) is 3.23. The molecular formula is C21H24N4O3. The number of piperidine rings is 1. The molecule has 2 atom stereocenters. The van der Waals surface area contributed by atoms with Crippen molar-refractivity contribution in [2.75, 3.05) is 13.1 Å². The van der Waals surface area contributed by atoms with Crippen molar-refractivity contribution in [1.82, 2.24) is 20.1 Å². The number of amides is 1. The Hall–Kier alpha value is -2.93. The predicted octanol–water partition coefficient (Wildman–Crippen LogP) is 2.32. The molecule has 2 N–H and O–H groups in total. The number of nitrogens with one attached hydrogen (secondary N) is 1.